The van der Waals surface area contributed by atoms with E-state index in [4.69, 9.17) is 0 Å². The molecule has 0 saturated carbocycles. The minimum atomic E-state index is -4.24. The van der Waals surface area contributed by atoms with E-state index in [2.05, 4.69) is 14.9 Å². The van der Waals surface area contributed by atoms with Gasteiger partial charge in [0.15, 0.2) is 21.5 Å². The van der Waals surface area contributed by atoms with Gasteiger partial charge in [0, 0.05) is 22.9 Å². The van der Waals surface area contributed by atoms with Crippen molar-refractivity contribution in [2.75, 3.05) is 11.0 Å². The topological polar surface area (TPSA) is 109 Å². The highest BCUT2D eigenvalue weighted by atomic mass is 32.2. The van der Waals surface area contributed by atoms with Crippen LogP contribution in [0, 0.1) is 11.6 Å². The van der Waals surface area contributed by atoms with Gasteiger partial charge in [-0.15, -0.1) is 0 Å². The summed E-state index contributed by atoms with van der Waals surface area (Å²) in [7, 11) is -8.02. The van der Waals surface area contributed by atoms with Crippen LogP contribution in [0.4, 0.5) is 14.5 Å². The van der Waals surface area contributed by atoms with Gasteiger partial charge >= 0.3 is 0 Å². The summed E-state index contributed by atoms with van der Waals surface area (Å²) in [6, 6.07) is 13.1. The number of hydrogen-bond acceptors (Lipinski definition) is 5. The van der Waals surface area contributed by atoms with Gasteiger partial charge in [0.2, 0.25) is 0 Å². The molecule has 11 heteroatoms. The first-order valence-corrected chi connectivity index (χ1v) is 12.2. The van der Waals surface area contributed by atoms with Crippen LogP contribution in [0.1, 0.15) is 0 Å². The van der Waals surface area contributed by atoms with Crippen molar-refractivity contribution in [1.29, 1.82) is 0 Å². The Bertz CT molecular complexity index is 1530. The summed E-state index contributed by atoms with van der Waals surface area (Å²) < 4.78 is 79.0. The molecule has 1 aromatic heterocycles. The lowest BCUT2D eigenvalue weighted by atomic mass is 10.1. The third-order valence-electron chi connectivity index (χ3n) is 4.55. The van der Waals surface area contributed by atoms with Crippen molar-refractivity contribution in [3.63, 3.8) is 0 Å². The average Bonchev–Trinajstić information content (AvgIpc) is 3.12. The highest BCUT2D eigenvalue weighted by Crippen LogP contribution is 2.30. The molecule has 4 aromatic rings. The predicted molar refractivity (Wildman–Crippen MR) is 112 cm³/mol. The van der Waals surface area contributed by atoms with Crippen LogP contribution < -0.4 is 4.72 Å². The summed E-state index contributed by atoms with van der Waals surface area (Å²) in [5, 5.41) is 7.32. The molecular weight excluding hydrogens is 448 g/mol. The molecule has 0 amide bonds. The van der Waals surface area contributed by atoms with Crippen molar-refractivity contribution in [2.24, 2.45) is 0 Å². The Morgan fingerprint density at radius 2 is 1.58 bits per heavy atom. The van der Waals surface area contributed by atoms with Crippen LogP contribution in [0.2, 0.25) is 0 Å². The van der Waals surface area contributed by atoms with Gasteiger partial charge in [-0.25, -0.2) is 25.6 Å². The molecule has 0 aliphatic heterocycles. The average molecular weight is 463 g/mol. The van der Waals surface area contributed by atoms with Gasteiger partial charge < -0.3 is 0 Å². The number of halogens is 2. The summed E-state index contributed by atoms with van der Waals surface area (Å²) in [4.78, 5) is -0.708. The molecule has 2 N–H and O–H groups in total. The Kier molecular flexibility index (Phi) is 5.02. The first-order chi connectivity index (χ1) is 14.6. The van der Waals surface area contributed by atoms with Crippen LogP contribution in [-0.4, -0.2) is 33.3 Å². The fourth-order valence-corrected chi connectivity index (χ4v) is 5.81. The van der Waals surface area contributed by atoms with E-state index in [9.17, 15) is 25.6 Å². The standard InChI is InChI=1S/C20H15F2N3O4S2/c1-30(26,27)18-4-2-3-5-19(18)31(28,29)25-13-7-9-17-14(11-13)20(24-23-17)12-6-8-15(21)16(22)10-12/h2-11,25H,1H3,(H,23,24). The molecule has 31 heavy (non-hydrogen) atoms. The fourth-order valence-electron chi connectivity index (χ4n) is 3.13. The molecule has 0 aliphatic rings. The first kappa shape index (κ1) is 20.9. The molecule has 0 spiro atoms. The molecule has 0 radical (unpaired) electrons. The number of aromatic nitrogens is 2. The van der Waals surface area contributed by atoms with Gasteiger partial charge in [-0.05, 0) is 48.5 Å². The minimum Gasteiger partial charge on any atom is -0.280 e. The second-order valence-corrected chi connectivity index (χ2v) is 10.4. The third-order valence-corrected chi connectivity index (χ3v) is 7.27. The molecule has 0 saturated heterocycles. The number of benzene rings is 3. The van der Waals surface area contributed by atoms with Crippen LogP contribution in [0.25, 0.3) is 22.2 Å². The molecule has 0 aliphatic carbocycles. The van der Waals surface area contributed by atoms with E-state index in [0.717, 1.165) is 18.4 Å². The number of rotatable bonds is 5. The number of sulfone groups is 1. The zero-order valence-electron chi connectivity index (χ0n) is 15.9. The van der Waals surface area contributed by atoms with Gasteiger partial charge in [-0.2, -0.15) is 5.10 Å². The highest BCUT2D eigenvalue weighted by Gasteiger charge is 2.24. The molecule has 7 nitrogen and oxygen atoms in total. The van der Waals surface area contributed by atoms with E-state index in [-0.39, 0.29) is 15.5 Å². The van der Waals surface area contributed by atoms with E-state index in [1.54, 1.807) is 6.07 Å². The van der Waals surface area contributed by atoms with Gasteiger partial charge in [0.1, 0.15) is 10.6 Å². The number of aromatic amines is 1. The van der Waals surface area contributed by atoms with Crippen molar-refractivity contribution in [1.82, 2.24) is 10.2 Å². The minimum absolute atomic E-state index is 0.140. The number of sulfonamides is 1. The second kappa shape index (κ2) is 7.43. The van der Waals surface area contributed by atoms with Gasteiger partial charge in [-0.3, -0.25) is 9.82 Å². The normalized spacial score (nSPS) is 12.2. The Hall–Kier alpha value is -3.31. The number of anilines is 1. The molecule has 0 unspecified atom stereocenters. The summed E-state index contributed by atoms with van der Waals surface area (Å²) in [6.07, 6.45) is 0.924. The number of H-pyrrole nitrogens is 1. The molecule has 0 atom stereocenters. The zero-order chi connectivity index (χ0) is 22.4. The smallest absolute Gasteiger partial charge is 0.263 e. The number of hydrogen-bond donors (Lipinski definition) is 2. The number of fused-ring (bicyclic) bond motifs is 1. The van der Waals surface area contributed by atoms with Gasteiger partial charge in [0.05, 0.1) is 10.4 Å². The molecule has 0 bridgehead atoms. The largest absolute Gasteiger partial charge is 0.280 e. The van der Waals surface area contributed by atoms with Crippen LogP contribution in [-0.2, 0) is 19.9 Å². The van der Waals surface area contributed by atoms with Crippen molar-refractivity contribution in [3.8, 4) is 11.3 Å². The Morgan fingerprint density at radius 3 is 2.26 bits per heavy atom. The van der Waals surface area contributed by atoms with E-state index < -0.39 is 31.5 Å². The maximum atomic E-state index is 13.6. The van der Waals surface area contributed by atoms with Crippen molar-refractivity contribution in [2.45, 2.75) is 9.79 Å². The summed E-state index contributed by atoms with van der Waals surface area (Å²) >= 11 is 0. The molecule has 4 rings (SSSR count). The van der Waals surface area contributed by atoms with Crippen LogP contribution >= 0.6 is 0 Å². The van der Waals surface area contributed by atoms with Gasteiger partial charge in [-0.1, -0.05) is 12.1 Å². The third kappa shape index (κ3) is 4.01. The van der Waals surface area contributed by atoms with E-state index in [0.29, 0.717) is 22.2 Å². The lowest BCUT2D eigenvalue weighted by Crippen LogP contribution is -2.16. The monoisotopic (exact) mass is 463 g/mol. The number of nitrogens with zero attached hydrogens (tertiary/aromatic N) is 1. The van der Waals surface area contributed by atoms with Gasteiger partial charge in [0.25, 0.3) is 10.0 Å². The van der Waals surface area contributed by atoms with Crippen LogP contribution in [0.5, 0.6) is 0 Å². The van der Waals surface area contributed by atoms with E-state index >= 15 is 0 Å². The number of nitrogens with one attached hydrogen (secondary N) is 2. The Balaban J connectivity index is 1.77. The maximum absolute atomic E-state index is 13.6. The zero-order valence-corrected chi connectivity index (χ0v) is 17.6. The Morgan fingerprint density at radius 1 is 0.871 bits per heavy atom. The molecule has 0 fully saturated rings. The summed E-state index contributed by atoms with van der Waals surface area (Å²) in [6.45, 7) is 0. The first-order valence-electron chi connectivity index (χ1n) is 8.82. The molecule has 160 valence electrons. The van der Waals surface area contributed by atoms with E-state index in [1.807, 2.05) is 0 Å². The second-order valence-electron chi connectivity index (χ2n) is 6.79. The molecule has 3 aromatic carbocycles. The van der Waals surface area contributed by atoms with Crippen molar-refractivity contribution in [3.05, 3.63) is 72.3 Å². The van der Waals surface area contributed by atoms with Crippen LogP contribution in [0.3, 0.4) is 0 Å². The summed E-state index contributed by atoms with van der Waals surface area (Å²) in [5.74, 6) is -2.04. The van der Waals surface area contributed by atoms with Crippen molar-refractivity contribution >= 4 is 36.5 Å². The Labute approximate surface area is 176 Å². The highest BCUT2D eigenvalue weighted by molar-refractivity contribution is 7.95. The SMILES string of the molecule is CS(=O)(=O)c1ccccc1S(=O)(=O)Nc1ccc2[nH]nc(-c3ccc(F)c(F)c3)c2c1. The summed E-state index contributed by atoms with van der Waals surface area (Å²) in [5.41, 5.74) is 1.28. The van der Waals surface area contributed by atoms with Crippen LogP contribution in [0.15, 0.2) is 70.5 Å². The lowest BCUT2D eigenvalue weighted by Gasteiger charge is -2.11. The predicted octanol–water partition coefficient (Wildman–Crippen LogP) is 3.71. The van der Waals surface area contributed by atoms with Crippen molar-refractivity contribution < 1.29 is 25.6 Å². The van der Waals surface area contributed by atoms with E-state index in [1.165, 1.54) is 42.5 Å². The maximum Gasteiger partial charge on any atom is 0.263 e. The fraction of sp³-hybridized carbons (Fsp3) is 0.0500. The molecule has 1 heterocycles. The quantitative estimate of drug-likeness (QED) is 0.469. The molecular formula is C20H15F2N3O4S2. The lowest BCUT2D eigenvalue weighted by molar-refractivity contribution is 0.509.